The highest BCUT2D eigenvalue weighted by atomic mass is 79.9. The number of ether oxygens (including phenoxy) is 1. The fourth-order valence-electron chi connectivity index (χ4n) is 0.938. The second kappa shape index (κ2) is 4.48. The second-order valence-electron chi connectivity index (χ2n) is 2.45. The van der Waals surface area contributed by atoms with Crippen molar-refractivity contribution < 1.29 is 9.84 Å². The largest absolute Gasteiger partial charge is 0.497 e. The van der Waals surface area contributed by atoms with Crippen molar-refractivity contribution in [1.82, 2.24) is 0 Å². The molecule has 0 saturated heterocycles. The van der Waals surface area contributed by atoms with Gasteiger partial charge in [0, 0.05) is 5.33 Å². The summed E-state index contributed by atoms with van der Waals surface area (Å²) >= 11 is 3.21. The molecule has 3 heteroatoms. The van der Waals surface area contributed by atoms with Crippen LogP contribution in [-0.4, -0.2) is 17.5 Å². The summed E-state index contributed by atoms with van der Waals surface area (Å²) in [6, 6.07) is 7.41. The summed E-state index contributed by atoms with van der Waals surface area (Å²) in [6.45, 7) is 0. The van der Waals surface area contributed by atoms with E-state index < -0.39 is 6.10 Å². The maximum absolute atomic E-state index is 9.45. The summed E-state index contributed by atoms with van der Waals surface area (Å²) < 4.78 is 5.02. The molecule has 0 unspecified atom stereocenters. The molecule has 1 aromatic carbocycles. The molecule has 0 spiro atoms. The molecule has 1 atom stereocenters. The molecule has 0 aliphatic rings. The molecule has 1 N–H and O–H groups in total. The van der Waals surface area contributed by atoms with Crippen molar-refractivity contribution in [3.05, 3.63) is 29.8 Å². The van der Waals surface area contributed by atoms with Crippen LogP contribution in [-0.2, 0) is 0 Å². The minimum atomic E-state index is -0.458. The zero-order valence-electron chi connectivity index (χ0n) is 6.83. The van der Waals surface area contributed by atoms with Gasteiger partial charge in [0.05, 0.1) is 13.2 Å². The van der Waals surface area contributed by atoms with E-state index in [4.69, 9.17) is 4.74 Å². The van der Waals surface area contributed by atoms with Gasteiger partial charge >= 0.3 is 0 Å². The van der Waals surface area contributed by atoms with Crippen LogP contribution in [0.25, 0.3) is 0 Å². The van der Waals surface area contributed by atoms with Gasteiger partial charge < -0.3 is 9.84 Å². The van der Waals surface area contributed by atoms with E-state index in [9.17, 15) is 5.11 Å². The molecule has 0 fully saturated rings. The standard InChI is InChI=1S/C9H11BrO2/c1-12-8-4-2-3-7(5-8)9(11)6-10/h2-5,9,11H,6H2,1H3/t9-/m0/s1. The molecule has 0 aliphatic carbocycles. The normalized spacial score (nSPS) is 12.6. The Hall–Kier alpha value is -0.540. The van der Waals surface area contributed by atoms with E-state index in [0.29, 0.717) is 5.33 Å². The molecule has 0 aliphatic heterocycles. The van der Waals surface area contributed by atoms with Gasteiger partial charge in [-0.05, 0) is 17.7 Å². The molecule has 0 radical (unpaired) electrons. The number of benzene rings is 1. The molecule has 66 valence electrons. The van der Waals surface area contributed by atoms with Crippen LogP contribution >= 0.6 is 15.9 Å². The number of alkyl halides is 1. The Bertz CT molecular complexity index is 250. The van der Waals surface area contributed by atoms with Gasteiger partial charge in [0.2, 0.25) is 0 Å². The van der Waals surface area contributed by atoms with Gasteiger partial charge in [-0.25, -0.2) is 0 Å². The molecule has 1 rings (SSSR count). The molecule has 0 amide bonds. The van der Waals surface area contributed by atoms with Gasteiger partial charge in [-0.2, -0.15) is 0 Å². The van der Waals surface area contributed by atoms with Crippen molar-refractivity contribution in [2.24, 2.45) is 0 Å². The van der Waals surface area contributed by atoms with Crippen LogP contribution in [0.15, 0.2) is 24.3 Å². The lowest BCUT2D eigenvalue weighted by Gasteiger charge is -2.08. The third-order valence-electron chi connectivity index (χ3n) is 1.62. The predicted octanol–water partition coefficient (Wildman–Crippen LogP) is 2.12. The van der Waals surface area contributed by atoms with E-state index in [0.717, 1.165) is 11.3 Å². The van der Waals surface area contributed by atoms with Crippen molar-refractivity contribution in [2.45, 2.75) is 6.10 Å². The average molecular weight is 231 g/mol. The molecule has 0 saturated carbocycles. The Morgan fingerprint density at radius 3 is 2.92 bits per heavy atom. The molecule has 12 heavy (non-hydrogen) atoms. The van der Waals surface area contributed by atoms with Crippen molar-refractivity contribution in [3.63, 3.8) is 0 Å². The first-order valence-electron chi connectivity index (χ1n) is 3.66. The minimum Gasteiger partial charge on any atom is -0.497 e. The number of hydrogen-bond acceptors (Lipinski definition) is 2. The van der Waals surface area contributed by atoms with E-state index in [2.05, 4.69) is 15.9 Å². The minimum absolute atomic E-state index is 0.458. The Morgan fingerprint density at radius 2 is 2.33 bits per heavy atom. The lowest BCUT2D eigenvalue weighted by atomic mass is 10.1. The molecule has 0 bridgehead atoms. The van der Waals surface area contributed by atoms with E-state index in [-0.39, 0.29) is 0 Å². The summed E-state index contributed by atoms with van der Waals surface area (Å²) in [4.78, 5) is 0. The summed E-state index contributed by atoms with van der Waals surface area (Å²) in [7, 11) is 1.61. The predicted molar refractivity (Wildman–Crippen MR) is 51.7 cm³/mol. The maximum Gasteiger partial charge on any atom is 0.119 e. The summed E-state index contributed by atoms with van der Waals surface area (Å²) in [5.74, 6) is 0.771. The van der Waals surface area contributed by atoms with Crippen LogP contribution in [0.3, 0.4) is 0 Å². The zero-order valence-corrected chi connectivity index (χ0v) is 8.41. The fraction of sp³-hybridized carbons (Fsp3) is 0.333. The van der Waals surface area contributed by atoms with Crippen molar-refractivity contribution in [2.75, 3.05) is 12.4 Å². The highest BCUT2D eigenvalue weighted by Gasteiger charge is 2.05. The molecule has 0 aromatic heterocycles. The summed E-state index contributed by atoms with van der Waals surface area (Å²) in [5, 5.41) is 9.99. The van der Waals surface area contributed by atoms with Gasteiger partial charge in [0.1, 0.15) is 5.75 Å². The molecular weight excluding hydrogens is 220 g/mol. The quantitative estimate of drug-likeness (QED) is 0.807. The SMILES string of the molecule is COc1cccc([C@@H](O)CBr)c1. The Kier molecular flexibility index (Phi) is 3.56. The van der Waals surface area contributed by atoms with Crippen LogP contribution in [0.2, 0.25) is 0 Å². The lowest BCUT2D eigenvalue weighted by Crippen LogP contribution is -1.98. The van der Waals surface area contributed by atoms with Gasteiger partial charge in [-0.1, -0.05) is 28.1 Å². The van der Waals surface area contributed by atoms with Gasteiger partial charge in [0.15, 0.2) is 0 Å². The number of halogens is 1. The number of aliphatic hydroxyl groups is 1. The fourth-order valence-corrected chi connectivity index (χ4v) is 1.31. The van der Waals surface area contributed by atoms with E-state index in [1.54, 1.807) is 7.11 Å². The number of hydrogen-bond donors (Lipinski definition) is 1. The van der Waals surface area contributed by atoms with Crippen LogP contribution in [0.4, 0.5) is 0 Å². The maximum atomic E-state index is 9.45. The zero-order chi connectivity index (χ0) is 8.97. The highest BCUT2D eigenvalue weighted by molar-refractivity contribution is 9.09. The van der Waals surface area contributed by atoms with Gasteiger partial charge in [-0.3, -0.25) is 0 Å². The van der Waals surface area contributed by atoms with Crippen LogP contribution in [0.1, 0.15) is 11.7 Å². The molecular formula is C9H11BrO2. The third kappa shape index (κ3) is 2.22. The van der Waals surface area contributed by atoms with Crippen molar-refractivity contribution >= 4 is 15.9 Å². The molecule has 0 heterocycles. The summed E-state index contributed by atoms with van der Waals surface area (Å²) in [6.07, 6.45) is -0.458. The molecule has 2 nitrogen and oxygen atoms in total. The number of rotatable bonds is 3. The first-order chi connectivity index (χ1) is 5.77. The lowest BCUT2D eigenvalue weighted by molar-refractivity contribution is 0.205. The van der Waals surface area contributed by atoms with Crippen LogP contribution in [0, 0.1) is 0 Å². The van der Waals surface area contributed by atoms with Crippen LogP contribution < -0.4 is 4.74 Å². The van der Waals surface area contributed by atoms with Crippen molar-refractivity contribution in [1.29, 1.82) is 0 Å². The monoisotopic (exact) mass is 230 g/mol. The van der Waals surface area contributed by atoms with E-state index in [1.165, 1.54) is 0 Å². The van der Waals surface area contributed by atoms with Crippen molar-refractivity contribution in [3.8, 4) is 5.75 Å². The van der Waals surface area contributed by atoms with E-state index in [1.807, 2.05) is 24.3 Å². The smallest absolute Gasteiger partial charge is 0.119 e. The second-order valence-corrected chi connectivity index (χ2v) is 3.09. The first kappa shape index (κ1) is 9.55. The average Bonchev–Trinajstić information content (AvgIpc) is 2.17. The van der Waals surface area contributed by atoms with E-state index >= 15 is 0 Å². The van der Waals surface area contributed by atoms with Gasteiger partial charge in [-0.15, -0.1) is 0 Å². The Balaban J connectivity index is 2.86. The topological polar surface area (TPSA) is 29.5 Å². The van der Waals surface area contributed by atoms with Crippen LogP contribution in [0.5, 0.6) is 5.75 Å². The summed E-state index contributed by atoms with van der Waals surface area (Å²) in [5.41, 5.74) is 0.867. The third-order valence-corrected chi connectivity index (χ3v) is 2.24. The Labute approximate surface area is 80.3 Å². The number of methoxy groups -OCH3 is 1. The highest BCUT2D eigenvalue weighted by Crippen LogP contribution is 2.19. The first-order valence-corrected chi connectivity index (χ1v) is 4.78. The number of aliphatic hydroxyl groups excluding tert-OH is 1. The molecule has 1 aromatic rings. The Morgan fingerprint density at radius 1 is 1.58 bits per heavy atom. The van der Waals surface area contributed by atoms with Gasteiger partial charge in [0.25, 0.3) is 0 Å².